The van der Waals surface area contributed by atoms with E-state index >= 15 is 0 Å². The molecular formula is C12H24N2O5S. The van der Waals surface area contributed by atoms with Crippen LogP contribution in [0.4, 0.5) is 0 Å². The van der Waals surface area contributed by atoms with Gasteiger partial charge in [-0.25, -0.2) is 8.42 Å². The third kappa shape index (κ3) is 6.65. The van der Waals surface area contributed by atoms with Crippen LogP contribution >= 0.6 is 0 Å². The standard InChI is InChI=1S/C12H24N2O5S/c1-18-8-3-2-5-13-12(15)4-11-20(16,17)14-6-9-19-10-7-14/h2-11H2,1H3,(H,13,15). The fraction of sp³-hybridized carbons (Fsp3) is 0.917. The summed E-state index contributed by atoms with van der Waals surface area (Å²) in [4.78, 5) is 11.6. The fourth-order valence-corrected chi connectivity index (χ4v) is 3.27. The molecule has 1 N–H and O–H groups in total. The van der Waals surface area contributed by atoms with Gasteiger partial charge < -0.3 is 14.8 Å². The van der Waals surface area contributed by atoms with Crippen molar-refractivity contribution in [1.82, 2.24) is 9.62 Å². The lowest BCUT2D eigenvalue weighted by atomic mass is 10.3. The smallest absolute Gasteiger partial charge is 0.221 e. The Balaban J connectivity index is 2.18. The van der Waals surface area contributed by atoms with E-state index in [1.165, 1.54) is 4.31 Å². The van der Waals surface area contributed by atoms with Crippen LogP contribution in [-0.2, 0) is 24.3 Å². The van der Waals surface area contributed by atoms with Gasteiger partial charge in [0.25, 0.3) is 0 Å². The molecular weight excluding hydrogens is 284 g/mol. The number of unbranched alkanes of at least 4 members (excludes halogenated alkanes) is 1. The molecule has 1 aliphatic heterocycles. The number of hydrogen-bond donors (Lipinski definition) is 1. The van der Waals surface area contributed by atoms with Crippen molar-refractivity contribution in [3.8, 4) is 0 Å². The van der Waals surface area contributed by atoms with Crippen molar-refractivity contribution in [3.05, 3.63) is 0 Å². The zero-order valence-corrected chi connectivity index (χ0v) is 12.8. The van der Waals surface area contributed by atoms with Crippen molar-refractivity contribution in [2.45, 2.75) is 19.3 Å². The molecule has 0 aromatic heterocycles. The van der Waals surface area contributed by atoms with Crippen LogP contribution in [0.1, 0.15) is 19.3 Å². The van der Waals surface area contributed by atoms with Gasteiger partial charge in [0.1, 0.15) is 0 Å². The highest BCUT2D eigenvalue weighted by Crippen LogP contribution is 2.06. The third-order valence-corrected chi connectivity index (χ3v) is 4.92. The lowest BCUT2D eigenvalue weighted by Crippen LogP contribution is -2.42. The predicted molar refractivity (Wildman–Crippen MR) is 74.9 cm³/mol. The van der Waals surface area contributed by atoms with Crippen molar-refractivity contribution < 1.29 is 22.7 Å². The van der Waals surface area contributed by atoms with Gasteiger partial charge in [0.05, 0.1) is 19.0 Å². The second kappa shape index (κ2) is 9.28. The first-order valence-electron chi connectivity index (χ1n) is 6.87. The minimum absolute atomic E-state index is 0.00394. The van der Waals surface area contributed by atoms with E-state index in [0.29, 0.717) is 39.5 Å². The summed E-state index contributed by atoms with van der Waals surface area (Å²) in [5.74, 6) is -0.365. The minimum atomic E-state index is -3.35. The number of sulfonamides is 1. The maximum Gasteiger partial charge on any atom is 0.221 e. The zero-order valence-electron chi connectivity index (χ0n) is 12.0. The molecule has 0 spiro atoms. The molecule has 1 heterocycles. The summed E-state index contributed by atoms with van der Waals surface area (Å²) in [7, 11) is -1.71. The average molecular weight is 308 g/mol. The molecule has 0 aliphatic carbocycles. The molecule has 7 nitrogen and oxygen atoms in total. The fourth-order valence-electron chi connectivity index (χ4n) is 1.86. The molecule has 0 saturated carbocycles. The van der Waals surface area contributed by atoms with Crippen LogP contribution in [0.3, 0.4) is 0 Å². The van der Waals surface area contributed by atoms with E-state index < -0.39 is 10.0 Å². The minimum Gasteiger partial charge on any atom is -0.385 e. The van der Waals surface area contributed by atoms with E-state index in [9.17, 15) is 13.2 Å². The summed E-state index contributed by atoms with van der Waals surface area (Å²) in [6.45, 7) is 2.82. The van der Waals surface area contributed by atoms with Crippen LogP contribution in [0.15, 0.2) is 0 Å². The lowest BCUT2D eigenvalue weighted by molar-refractivity contribution is -0.120. The van der Waals surface area contributed by atoms with Gasteiger partial charge in [-0.3, -0.25) is 4.79 Å². The third-order valence-electron chi connectivity index (χ3n) is 3.05. The van der Waals surface area contributed by atoms with E-state index in [4.69, 9.17) is 9.47 Å². The number of methoxy groups -OCH3 is 1. The molecule has 0 aromatic carbocycles. The highest BCUT2D eigenvalue weighted by molar-refractivity contribution is 7.89. The molecule has 1 aliphatic rings. The molecule has 1 fully saturated rings. The number of morpholine rings is 1. The Morgan fingerprint density at radius 2 is 2.00 bits per heavy atom. The molecule has 0 aromatic rings. The van der Waals surface area contributed by atoms with Crippen LogP contribution in [0, 0.1) is 0 Å². The van der Waals surface area contributed by atoms with Gasteiger partial charge in [0.15, 0.2) is 0 Å². The Bertz CT molecular complexity index is 379. The molecule has 20 heavy (non-hydrogen) atoms. The van der Waals surface area contributed by atoms with Gasteiger partial charge in [0, 0.05) is 39.8 Å². The first-order chi connectivity index (χ1) is 9.56. The van der Waals surface area contributed by atoms with Gasteiger partial charge in [-0.05, 0) is 12.8 Å². The van der Waals surface area contributed by atoms with Crippen LogP contribution in [0.25, 0.3) is 0 Å². The number of nitrogens with one attached hydrogen (secondary N) is 1. The quantitative estimate of drug-likeness (QED) is 0.585. The summed E-state index contributed by atoms with van der Waals surface area (Å²) in [5, 5.41) is 2.71. The number of amides is 1. The number of ether oxygens (including phenoxy) is 2. The van der Waals surface area contributed by atoms with Gasteiger partial charge in [-0.15, -0.1) is 0 Å². The largest absolute Gasteiger partial charge is 0.385 e. The molecule has 1 saturated heterocycles. The van der Waals surface area contributed by atoms with Gasteiger partial charge >= 0.3 is 0 Å². The second-order valence-electron chi connectivity index (χ2n) is 4.63. The number of nitrogens with zero attached hydrogens (tertiary/aromatic N) is 1. The molecule has 118 valence electrons. The SMILES string of the molecule is COCCCCNC(=O)CCS(=O)(=O)N1CCOCC1. The maximum atomic E-state index is 12.0. The van der Waals surface area contributed by atoms with Crippen molar-refractivity contribution in [1.29, 1.82) is 0 Å². The van der Waals surface area contributed by atoms with E-state index in [1.54, 1.807) is 7.11 Å². The number of carbonyl (C=O) groups excluding carboxylic acids is 1. The van der Waals surface area contributed by atoms with Gasteiger partial charge in [-0.2, -0.15) is 4.31 Å². The number of hydrogen-bond acceptors (Lipinski definition) is 5. The Morgan fingerprint density at radius 3 is 2.65 bits per heavy atom. The summed E-state index contributed by atoms with van der Waals surface area (Å²) in [5.41, 5.74) is 0. The molecule has 8 heteroatoms. The maximum absolute atomic E-state index is 12.0. The second-order valence-corrected chi connectivity index (χ2v) is 6.72. The van der Waals surface area contributed by atoms with E-state index in [1.807, 2.05) is 0 Å². The van der Waals surface area contributed by atoms with Crippen LogP contribution < -0.4 is 5.32 Å². The average Bonchev–Trinajstić information content (AvgIpc) is 2.46. The first-order valence-corrected chi connectivity index (χ1v) is 8.48. The van der Waals surface area contributed by atoms with Crippen molar-refractivity contribution >= 4 is 15.9 Å². The van der Waals surface area contributed by atoms with Crippen molar-refractivity contribution in [2.75, 3.05) is 52.3 Å². The highest BCUT2D eigenvalue weighted by atomic mass is 32.2. The Hall–Kier alpha value is -0.700. The molecule has 0 radical (unpaired) electrons. The van der Waals surface area contributed by atoms with E-state index in [-0.39, 0.29) is 18.1 Å². The summed E-state index contributed by atoms with van der Waals surface area (Å²) in [6, 6.07) is 0. The predicted octanol–water partition coefficient (Wildman–Crippen LogP) is -0.419. The van der Waals surface area contributed by atoms with E-state index in [2.05, 4.69) is 5.32 Å². The van der Waals surface area contributed by atoms with Crippen LogP contribution in [-0.4, -0.2) is 70.9 Å². The highest BCUT2D eigenvalue weighted by Gasteiger charge is 2.24. The Labute approximate surface area is 120 Å². The molecule has 0 bridgehead atoms. The summed E-state index contributed by atoms with van der Waals surface area (Å²) < 4.78 is 35.4. The summed E-state index contributed by atoms with van der Waals surface area (Å²) in [6.07, 6.45) is 1.71. The molecule has 1 amide bonds. The topological polar surface area (TPSA) is 84.9 Å². The molecule has 1 rings (SSSR count). The number of rotatable bonds is 9. The van der Waals surface area contributed by atoms with Gasteiger partial charge in [0.2, 0.25) is 15.9 Å². The Morgan fingerprint density at radius 1 is 1.30 bits per heavy atom. The zero-order chi connectivity index (χ0) is 14.8. The van der Waals surface area contributed by atoms with Crippen molar-refractivity contribution in [2.24, 2.45) is 0 Å². The van der Waals surface area contributed by atoms with Crippen molar-refractivity contribution in [3.63, 3.8) is 0 Å². The first kappa shape index (κ1) is 17.4. The molecule has 0 unspecified atom stereocenters. The Kier molecular flexibility index (Phi) is 8.05. The molecule has 0 atom stereocenters. The summed E-state index contributed by atoms with van der Waals surface area (Å²) >= 11 is 0. The van der Waals surface area contributed by atoms with E-state index in [0.717, 1.165) is 12.8 Å². The monoisotopic (exact) mass is 308 g/mol. The number of carbonyl (C=O) groups is 1. The lowest BCUT2D eigenvalue weighted by Gasteiger charge is -2.25. The normalized spacial score (nSPS) is 17.1. The van der Waals surface area contributed by atoms with Crippen LogP contribution in [0.2, 0.25) is 0 Å². The van der Waals surface area contributed by atoms with Crippen LogP contribution in [0.5, 0.6) is 0 Å². The van der Waals surface area contributed by atoms with Gasteiger partial charge in [-0.1, -0.05) is 0 Å².